The third-order valence-electron chi connectivity index (χ3n) is 6.04. The average molecular weight is 453 g/mol. The number of nitrogens with zero attached hydrogens (tertiary/aromatic N) is 4. The van der Waals surface area contributed by atoms with Crippen molar-refractivity contribution in [1.29, 1.82) is 10.8 Å². The van der Waals surface area contributed by atoms with Crippen molar-refractivity contribution < 1.29 is 1.43 Å². The number of nitrogens with two attached hydrogens (primary N) is 1. The summed E-state index contributed by atoms with van der Waals surface area (Å²) in [5, 5.41) is 26.1. The molecule has 3 heterocycles. The Bertz CT molecular complexity index is 1090. The van der Waals surface area contributed by atoms with Gasteiger partial charge in [0.2, 0.25) is 0 Å². The maximum Gasteiger partial charge on any atom is 0.176 e. The quantitative estimate of drug-likeness (QED) is 0.418. The van der Waals surface area contributed by atoms with E-state index in [0.717, 1.165) is 59.3 Å². The molecule has 2 aromatic rings. The fraction of sp³-hybridized carbons (Fsp3) is 0.391. The van der Waals surface area contributed by atoms with Gasteiger partial charge in [-0.05, 0) is 43.1 Å². The van der Waals surface area contributed by atoms with Gasteiger partial charge in [-0.1, -0.05) is 17.8 Å². The SMILES string of the molecule is CN=C/C(=C\N)c1cnc2ccc(CC(=N)N3C(=N)SCC4(CCCN4)CN3C)cc2c1.[HH]. The summed E-state index contributed by atoms with van der Waals surface area (Å²) >= 11 is 1.52. The van der Waals surface area contributed by atoms with E-state index < -0.39 is 0 Å². The number of amidine groups is 2. The molecular formula is C23H32N8S. The van der Waals surface area contributed by atoms with Crippen LogP contribution < -0.4 is 11.1 Å². The van der Waals surface area contributed by atoms with Gasteiger partial charge in [0.15, 0.2) is 5.17 Å². The Morgan fingerprint density at radius 2 is 2.28 bits per heavy atom. The topological polar surface area (TPSA) is 117 Å². The molecule has 0 bridgehead atoms. The van der Waals surface area contributed by atoms with Crippen LogP contribution in [-0.2, 0) is 6.42 Å². The fourth-order valence-electron chi connectivity index (χ4n) is 4.50. The highest BCUT2D eigenvalue weighted by Gasteiger charge is 2.40. The smallest absolute Gasteiger partial charge is 0.176 e. The molecule has 170 valence electrons. The molecule has 32 heavy (non-hydrogen) atoms. The summed E-state index contributed by atoms with van der Waals surface area (Å²) < 4.78 is 0. The lowest BCUT2D eigenvalue weighted by atomic mass is 10.00. The number of benzene rings is 1. The van der Waals surface area contributed by atoms with E-state index in [-0.39, 0.29) is 6.97 Å². The van der Waals surface area contributed by atoms with E-state index in [1.807, 2.05) is 30.3 Å². The molecule has 1 atom stereocenters. The maximum atomic E-state index is 8.79. The number of aliphatic imine (C=N–C) groups is 1. The first kappa shape index (κ1) is 22.4. The molecule has 2 aliphatic heterocycles. The maximum absolute atomic E-state index is 8.79. The fourth-order valence-corrected chi connectivity index (χ4v) is 5.63. The minimum atomic E-state index is 0. The molecule has 1 unspecified atom stereocenters. The molecule has 5 N–H and O–H groups in total. The molecule has 8 nitrogen and oxygen atoms in total. The Labute approximate surface area is 194 Å². The molecule has 2 saturated heterocycles. The Morgan fingerprint density at radius 1 is 1.44 bits per heavy atom. The summed E-state index contributed by atoms with van der Waals surface area (Å²) in [6.07, 6.45) is 7.75. The Morgan fingerprint density at radius 3 is 3.00 bits per heavy atom. The highest BCUT2D eigenvalue weighted by atomic mass is 32.2. The Kier molecular flexibility index (Phi) is 6.59. The number of nitrogens with one attached hydrogen (secondary N) is 3. The van der Waals surface area contributed by atoms with Gasteiger partial charge >= 0.3 is 0 Å². The molecule has 1 spiro atoms. The van der Waals surface area contributed by atoms with Crippen LogP contribution in [0.2, 0.25) is 0 Å². The molecule has 0 aliphatic carbocycles. The summed E-state index contributed by atoms with van der Waals surface area (Å²) in [4.78, 5) is 8.60. The van der Waals surface area contributed by atoms with Crippen LogP contribution >= 0.6 is 11.8 Å². The number of allylic oxidation sites excluding steroid dienone is 1. The summed E-state index contributed by atoms with van der Waals surface area (Å²) in [7, 11) is 3.69. The van der Waals surface area contributed by atoms with Crippen LogP contribution in [0.25, 0.3) is 16.5 Å². The van der Waals surface area contributed by atoms with Gasteiger partial charge in [0, 0.05) is 74.9 Å². The molecule has 2 fully saturated rings. The van der Waals surface area contributed by atoms with Gasteiger partial charge in [0.25, 0.3) is 0 Å². The van der Waals surface area contributed by atoms with E-state index in [9.17, 15) is 0 Å². The first-order chi connectivity index (χ1) is 15.4. The van der Waals surface area contributed by atoms with Crippen LogP contribution in [0, 0.1) is 10.8 Å². The van der Waals surface area contributed by atoms with Crippen molar-refractivity contribution in [2.45, 2.75) is 24.8 Å². The van der Waals surface area contributed by atoms with Crippen LogP contribution in [0.15, 0.2) is 41.7 Å². The largest absolute Gasteiger partial charge is 0.404 e. The first-order valence-corrected chi connectivity index (χ1v) is 11.7. The minimum Gasteiger partial charge on any atom is -0.404 e. The van der Waals surface area contributed by atoms with Gasteiger partial charge in [0.05, 0.1) is 5.52 Å². The number of pyridine rings is 1. The summed E-state index contributed by atoms with van der Waals surface area (Å²) in [6.45, 7) is 1.82. The molecule has 1 aromatic heterocycles. The van der Waals surface area contributed by atoms with Crippen molar-refractivity contribution in [3.8, 4) is 0 Å². The van der Waals surface area contributed by atoms with E-state index in [2.05, 4.69) is 21.4 Å². The summed E-state index contributed by atoms with van der Waals surface area (Å²) in [6, 6.07) is 8.09. The lowest BCUT2D eigenvalue weighted by Gasteiger charge is -2.35. The van der Waals surface area contributed by atoms with Crippen LogP contribution in [0.4, 0.5) is 0 Å². The molecule has 0 amide bonds. The van der Waals surface area contributed by atoms with Crippen LogP contribution in [0.5, 0.6) is 0 Å². The van der Waals surface area contributed by atoms with Gasteiger partial charge < -0.3 is 11.1 Å². The lowest BCUT2D eigenvalue weighted by molar-refractivity contribution is 0.115. The second-order valence-electron chi connectivity index (χ2n) is 8.42. The van der Waals surface area contributed by atoms with Crippen molar-refractivity contribution in [3.63, 3.8) is 0 Å². The van der Waals surface area contributed by atoms with Crippen LogP contribution in [0.1, 0.15) is 25.4 Å². The number of aromatic nitrogens is 1. The van der Waals surface area contributed by atoms with Crippen molar-refractivity contribution in [3.05, 3.63) is 47.8 Å². The predicted molar refractivity (Wildman–Crippen MR) is 136 cm³/mol. The number of thioether (sulfide) groups is 1. The van der Waals surface area contributed by atoms with E-state index in [1.165, 1.54) is 18.0 Å². The molecule has 4 rings (SSSR count). The Hall–Kier alpha value is -2.75. The van der Waals surface area contributed by atoms with Gasteiger partial charge in [-0.3, -0.25) is 20.8 Å². The molecule has 0 radical (unpaired) electrons. The molecule has 2 aliphatic rings. The van der Waals surface area contributed by atoms with Crippen molar-refractivity contribution >= 4 is 45.5 Å². The minimum absolute atomic E-state index is 0. The van der Waals surface area contributed by atoms with Crippen molar-refractivity contribution in [2.24, 2.45) is 10.7 Å². The van der Waals surface area contributed by atoms with Crippen LogP contribution in [-0.4, -0.2) is 70.7 Å². The number of fused-ring (bicyclic) bond motifs is 1. The summed E-state index contributed by atoms with van der Waals surface area (Å²) in [5.41, 5.74) is 9.39. The van der Waals surface area contributed by atoms with Crippen molar-refractivity contribution in [1.82, 2.24) is 20.3 Å². The van der Waals surface area contributed by atoms with E-state index in [0.29, 0.717) is 17.4 Å². The summed E-state index contributed by atoms with van der Waals surface area (Å²) in [5.74, 6) is 1.26. The van der Waals surface area contributed by atoms with E-state index >= 15 is 0 Å². The van der Waals surface area contributed by atoms with Gasteiger partial charge in [-0.2, -0.15) is 0 Å². The number of rotatable bonds is 4. The predicted octanol–water partition coefficient (Wildman–Crippen LogP) is 2.95. The number of likely N-dealkylation sites (N-methyl/N-ethyl adjacent to an activating group) is 1. The molecular weight excluding hydrogens is 420 g/mol. The second kappa shape index (κ2) is 9.40. The average Bonchev–Trinajstić information content (AvgIpc) is 3.19. The molecule has 1 aromatic carbocycles. The molecule has 0 saturated carbocycles. The normalized spacial score (nSPS) is 22.9. The van der Waals surface area contributed by atoms with Crippen LogP contribution in [0.3, 0.4) is 0 Å². The van der Waals surface area contributed by atoms with Gasteiger partial charge in [-0.25, -0.2) is 10.0 Å². The number of hydrazine groups is 1. The first-order valence-electron chi connectivity index (χ1n) is 10.7. The van der Waals surface area contributed by atoms with Gasteiger partial charge in [-0.15, -0.1) is 0 Å². The zero-order chi connectivity index (χ0) is 22.7. The van der Waals surface area contributed by atoms with Gasteiger partial charge in [0.1, 0.15) is 5.84 Å². The van der Waals surface area contributed by atoms with E-state index in [4.69, 9.17) is 16.6 Å². The third kappa shape index (κ3) is 4.55. The van der Waals surface area contributed by atoms with E-state index in [1.54, 1.807) is 24.5 Å². The lowest BCUT2D eigenvalue weighted by Crippen LogP contribution is -2.54. The second-order valence-corrected chi connectivity index (χ2v) is 9.38. The highest BCUT2D eigenvalue weighted by molar-refractivity contribution is 8.13. The van der Waals surface area contributed by atoms with Crippen molar-refractivity contribution in [2.75, 3.05) is 32.9 Å². The zero-order valence-electron chi connectivity index (χ0n) is 18.6. The molecule has 9 heteroatoms. The highest BCUT2D eigenvalue weighted by Crippen LogP contribution is 2.30. The number of hydrogen-bond donors (Lipinski definition) is 4. The monoisotopic (exact) mass is 452 g/mol. The standard InChI is InChI=1S/C23H30N8S.H2/c1-27-12-19(11-24)18-10-17-8-16(4-5-20(17)28-13-18)9-21(25)31-22(26)32-15-23(14-30(31)2)6-3-7-29-23;/h4-5,8,10-13,25-26,29H,3,6-7,9,14-15,24H2,1-2H3;1H/b19-11+,25-21?,26-22?,27-12?;. The number of hydrogen-bond acceptors (Lipinski definition) is 8. The zero-order valence-corrected chi connectivity index (χ0v) is 19.4. The Balaban J connectivity index is 0.00000306. The third-order valence-corrected chi connectivity index (χ3v) is 7.18.